The maximum absolute atomic E-state index is 12.3. The average Bonchev–Trinajstić information content (AvgIpc) is 3.19. The first-order valence-corrected chi connectivity index (χ1v) is 9.91. The fraction of sp³-hybridized carbons (Fsp3) is 0.368. The van der Waals surface area contributed by atoms with Gasteiger partial charge in [-0.2, -0.15) is 5.10 Å². The van der Waals surface area contributed by atoms with Crippen molar-refractivity contribution >= 4 is 29.4 Å². The number of carbonyl (C=O) groups excluding carboxylic acids is 2. The second-order valence-electron chi connectivity index (χ2n) is 6.41. The van der Waals surface area contributed by atoms with E-state index in [9.17, 15) is 14.4 Å². The third kappa shape index (κ3) is 4.97. The van der Waals surface area contributed by atoms with Crippen molar-refractivity contribution in [1.82, 2.24) is 14.7 Å². The first-order valence-electron chi connectivity index (χ1n) is 8.76. The minimum atomic E-state index is -0.990. The van der Waals surface area contributed by atoms with Crippen LogP contribution in [0.1, 0.15) is 39.6 Å². The number of likely N-dealkylation sites (tertiary alicyclic amines) is 1. The van der Waals surface area contributed by atoms with Crippen molar-refractivity contribution in [2.75, 3.05) is 24.6 Å². The molecule has 1 aliphatic heterocycles. The summed E-state index contributed by atoms with van der Waals surface area (Å²) in [6, 6.07) is 9.18. The van der Waals surface area contributed by atoms with Crippen LogP contribution in [0.15, 0.2) is 42.7 Å². The standard InChI is InChI=1S/C19H21N3O4S/c23-17(14-4-2-1-3-5-14)12-27-13-18(24)21-8-6-16(7-9-21)22-11-15(10-20-22)19(25)26/h1-5,10-11,16H,6-9,12-13H2,(H,25,26). The molecule has 1 N–H and O–H groups in total. The number of carbonyl (C=O) groups is 3. The second kappa shape index (κ2) is 8.85. The zero-order valence-electron chi connectivity index (χ0n) is 14.8. The largest absolute Gasteiger partial charge is 0.478 e. The van der Waals surface area contributed by atoms with Gasteiger partial charge in [-0.1, -0.05) is 30.3 Å². The Morgan fingerprint density at radius 2 is 1.78 bits per heavy atom. The summed E-state index contributed by atoms with van der Waals surface area (Å²) >= 11 is 1.34. The average molecular weight is 387 g/mol. The van der Waals surface area contributed by atoms with Crippen molar-refractivity contribution in [3.8, 4) is 0 Å². The molecule has 0 bridgehead atoms. The fourth-order valence-electron chi connectivity index (χ4n) is 3.06. The molecule has 1 amide bonds. The minimum Gasteiger partial charge on any atom is -0.478 e. The van der Waals surface area contributed by atoms with E-state index in [1.807, 2.05) is 18.2 Å². The monoisotopic (exact) mass is 387 g/mol. The van der Waals surface area contributed by atoms with E-state index < -0.39 is 5.97 Å². The number of nitrogens with zero attached hydrogens (tertiary/aromatic N) is 3. The van der Waals surface area contributed by atoms with E-state index in [-0.39, 0.29) is 34.8 Å². The third-order valence-corrected chi connectivity index (χ3v) is 5.51. The fourth-order valence-corrected chi connectivity index (χ4v) is 3.87. The van der Waals surface area contributed by atoms with E-state index in [1.54, 1.807) is 21.7 Å². The highest BCUT2D eigenvalue weighted by Gasteiger charge is 2.24. The van der Waals surface area contributed by atoms with Crippen LogP contribution in [-0.4, -0.2) is 62.0 Å². The predicted molar refractivity (Wildman–Crippen MR) is 102 cm³/mol. The molecule has 3 rings (SSSR count). The first-order chi connectivity index (χ1) is 13.0. The Hall–Kier alpha value is -2.61. The molecule has 142 valence electrons. The number of piperidine rings is 1. The van der Waals surface area contributed by atoms with Crippen LogP contribution in [0.3, 0.4) is 0 Å². The van der Waals surface area contributed by atoms with Crippen LogP contribution in [0.25, 0.3) is 0 Å². The van der Waals surface area contributed by atoms with E-state index in [1.165, 1.54) is 24.2 Å². The van der Waals surface area contributed by atoms with Crippen molar-refractivity contribution < 1.29 is 19.5 Å². The molecule has 0 atom stereocenters. The highest BCUT2D eigenvalue weighted by Crippen LogP contribution is 2.23. The van der Waals surface area contributed by atoms with E-state index in [0.29, 0.717) is 18.7 Å². The van der Waals surface area contributed by atoms with Gasteiger partial charge in [-0.3, -0.25) is 14.3 Å². The van der Waals surface area contributed by atoms with Crippen molar-refractivity contribution in [3.05, 3.63) is 53.9 Å². The highest BCUT2D eigenvalue weighted by molar-refractivity contribution is 8.00. The molecule has 1 saturated heterocycles. The maximum atomic E-state index is 12.3. The number of amides is 1. The van der Waals surface area contributed by atoms with E-state index in [2.05, 4.69) is 5.10 Å². The quantitative estimate of drug-likeness (QED) is 0.733. The molecule has 0 unspecified atom stereocenters. The Bertz CT molecular complexity index is 813. The summed E-state index contributed by atoms with van der Waals surface area (Å²) < 4.78 is 1.68. The van der Waals surface area contributed by atoms with Gasteiger partial charge in [0.15, 0.2) is 5.78 Å². The molecule has 1 aromatic heterocycles. The van der Waals surface area contributed by atoms with Crippen LogP contribution in [0.2, 0.25) is 0 Å². The van der Waals surface area contributed by atoms with Crippen molar-refractivity contribution in [1.29, 1.82) is 0 Å². The number of hydrogen-bond acceptors (Lipinski definition) is 5. The van der Waals surface area contributed by atoms with Crippen LogP contribution in [-0.2, 0) is 4.79 Å². The van der Waals surface area contributed by atoms with Gasteiger partial charge in [0.2, 0.25) is 5.91 Å². The maximum Gasteiger partial charge on any atom is 0.338 e. The smallest absolute Gasteiger partial charge is 0.338 e. The highest BCUT2D eigenvalue weighted by atomic mass is 32.2. The van der Waals surface area contributed by atoms with Crippen LogP contribution in [0.4, 0.5) is 0 Å². The molecular formula is C19H21N3O4S. The summed E-state index contributed by atoms with van der Waals surface area (Å²) in [4.78, 5) is 37.1. The molecule has 27 heavy (non-hydrogen) atoms. The third-order valence-electron chi connectivity index (χ3n) is 4.59. The van der Waals surface area contributed by atoms with Crippen LogP contribution < -0.4 is 0 Å². The number of aromatic carboxylic acids is 1. The van der Waals surface area contributed by atoms with Crippen molar-refractivity contribution in [2.24, 2.45) is 0 Å². The van der Waals surface area contributed by atoms with Gasteiger partial charge in [0, 0.05) is 24.8 Å². The lowest BCUT2D eigenvalue weighted by atomic mass is 10.1. The molecule has 1 aliphatic rings. The Labute approximate surface area is 161 Å². The number of ketones is 1. The summed E-state index contributed by atoms with van der Waals surface area (Å²) in [6.07, 6.45) is 4.36. The topological polar surface area (TPSA) is 92.5 Å². The molecule has 8 heteroatoms. The van der Waals surface area contributed by atoms with Crippen molar-refractivity contribution in [3.63, 3.8) is 0 Å². The van der Waals surface area contributed by atoms with E-state index in [0.717, 1.165) is 12.8 Å². The normalized spacial score (nSPS) is 14.9. The zero-order valence-corrected chi connectivity index (χ0v) is 15.6. The Morgan fingerprint density at radius 1 is 1.07 bits per heavy atom. The molecular weight excluding hydrogens is 366 g/mol. The Morgan fingerprint density at radius 3 is 2.41 bits per heavy atom. The van der Waals surface area contributed by atoms with E-state index >= 15 is 0 Å². The number of carboxylic acid groups (broad SMARTS) is 1. The molecule has 1 fully saturated rings. The van der Waals surface area contributed by atoms with Gasteiger partial charge in [-0.05, 0) is 12.8 Å². The minimum absolute atomic E-state index is 0.0278. The van der Waals surface area contributed by atoms with Crippen LogP contribution in [0.5, 0.6) is 0 Å². The van der Waals surface area contributed by atoms with Crippen molar-refractivity contribution in [2.45, 2.75) is 18.9 Å². The number of carboxylic acids is 1. The Kier molecular flexibility index (Phi) is 6.28. The van der Waals surface area contributed by atoms with Gasteiger partial charge in [-0.15, -0.1) is 11.8 Å². The molecule has 7 nitrogen and oxygen atoms in total. The van der Waals surface area contributed by atoms with Gasteiger partial charge < -0.3 is 10.0 Å². The summed E-state index contributed by atoms with van der Waals surface area (Å²) in [5.74, 6) is -0.354. The Balaban J connectivity index is 1.42. The van der Waals surface area contributed by atoms with Crippen LogP contribution >= 0.6 is 11.8 Å². The molecule has 0 aliphatic carbocycles. The lowest BCUT2D eigenvalue weighted by Gasteiger charge is -2.32. The van der Waals surface area contributed by atoms with Gasteiger partial charge in [0.05, 0.1) is 29.3 Å². The van der Waals surface area contributed by atoms with Gasteiger partial charge in [-0.25, -0.2) is 4.79 Å². The SMILES string of the molecule is O=C(O)c1cnn(C2CCN(C(=O)CSCC(=O)c3ccccc3)CC2)c1. The number of thioether (sulfide) groups is 1. The molecule has 0 saturated carbocycles. The summed E-state index contributed by atoms with van der Waals surface area (Å²) in [5, 5.41) is 13.1. The molecule has 0 radical (unpaired) electrons. The number of aromatic nitrogens is 2. The van der Waals surface area contributed by atoms with Crippen LogP contribution in [0, 0.1) is 0 Å². The van der Waals surface area contributed by atoms with Gasteiger partial charge in [0.25, 0.3) is 0 Å². The zero-order chi connectivity index (χ0) is 19.2. The predicted octanol–water partition coefficient (Wildman–Crippen LogP) is 2.36. The number of Topliss-reactive ketones (excluding diaryl/α,β-unsaturated/α-hetero) is 1. The number of hydrogen-bond donors (Lipinski definition) is 1. The molecule has 1 aromatic carbocycles. The van der Waals surface area contributed by atoms with Gasteiger partial charge >= 0.3 is 5.97 Å². The van der Waals surface area contributed by atoms with Gasteiger partial charge in [0.1, 0.15) is 0 Å². The molecule has 2 aromatic rings. The lowest BCUT2D eigenvalue weighted by Crippen LogP contribution is -2.40. The van der Waals surface area contributed by atoms with E-state index in [4.69, 9.17) is 5.11 Å². The second-order valence-corrected chi connectivity index (χ2v) is 7.39. The summed E-state index contributed by atoms with van der Waals surface area (Å²) in [5.41, 5.74) is 0.839. The molecule has 0 spiro atoms. The number of benzene rings is 1. The lowest BCUT2D eigenvalue weighted by molar-refractivity contribution is -0.129. The summed E-state index contributed by atoms with van der Waals surface area (Å²) in [6.45, 7) is 1.22. The first kappa shape index (κ1) is 19.2. The summed E-state index contributed by atoms with van der Waals surface area (Å²) in [7, 11) is 0. The molecule has 2 heterocycles. The number of rotatable bonds is 7.